The highest BCUT2D eigenvalue weighted by molar-refractivity contribution is 6.02. The Hall–Kier alpha value is -3.81. The first-order valence-corrected chi connectivity index (χ1v) is 8.41. The van der Waals surface area contributed by atoms with Crippen LogP contribution in [0.3, 0.4) is 0 Å². The molecule has 2 aromatic carbocycles. The number of amides is 1. The molecular weight excluding hydrogens is 360 g/mol. The van der Waals surface area contributed by atoms with Gasteiger partial charge in [0.25, 0.3) is 5.91 Å². The average Bonchev–Trinajstić information content (AvgIpc) is 2.74. The van der Waals surface area contributed by atoms with Gasteiger partial charge in [-0.2, -0.15) is 0 Å². The van der Waals surface area contributed by atoms with Crippen LogP contribution >= 0.6 is 0 Å². The van der Waals surface area contributed by atoms with Crippen LogP contribution in [0.1, 0.15) is 10.5 Å². The molecule has 0 saturated carbocycles. The van der Waals surface area contributed by atoms with Crippen molar-refractivity contribution in [1.29, 1.82) is 0 Å². The summed E-state index contributed by atoms with van der Waals surface area (Å²) in [5, 5.41) is 13.9. The Labute approximate surface area is 162 Å². The minimum absolute atomic E-state index is 0.193. The molecule has 0 unspecified atom stereocenters. The van der Waals surface area contributed by atoms with Gasteiger partial charge in [-0.05, 0) is 48.5 Å². The maximum atomic E-state index is 12.3. The molecule has 1 heterocycles. The van der Waals surface area contributed by atoms with E-state index in [0.29, 0.717) is 34.4 Å². The van der Waals surface area contributed by atoms with E-state index in [1.165, 1.54) is 0 Å². The van der Waals surface area contributed by atoms with Gasteiger partial charge in [0.15, 0.2) is 11.5 Å². The molecule has 0 aliphatic carbocycles. The molecule has 0 fully saturated rings. The van der Waals surface area contributed by atoms with E-state index in [4.69, 9.17) is 14.2 Å². The molecule has 0 radical (unpaired) electrons. The third-order valence-corrected chi connectivity index (χ3v) is 3.91. The maximum Gasteiger partial charge on any atom is 0.276 e. The number of benzene rings is 2. The summed E-state index contributed by atoms with van der Waals surface area (Å²) in [6.07, 6.45) is 0. The van der Waals surface area contributed by atoms with E-state index in [-0.39, 0.29) is 11.6 Å². The lowest BCUT2D eigenvalue weighted by atomic mass is 10.2. The molecule has 0 bridgehead atoms. The van der Waals surface area contributed by atoms with E-state index in [1.54, 1.807) is 75.9 Å². The van der Waals surface area contributed by atoms with Crippen molar-refractivity contribution in [2.24, 2.45) is 0 Å². The van der Waals surface area contributed by atoms with Gasteiger partial charge in [0.2, 0.25) is 0 Å². The number of hydrogen-bond donors (Lipinski definition) is 2. The fourth-order valence-corrected chi connectivity index (χ4v) is 2.44. The number of carbonyl (C=O) groups excluding carboxylic acids is 1. The number of carbonyl (C=O) groups is 1. The van der Waals surface area contributed by atoms with Crippen LogP contribution in [0, 0.1) is 0 Å². The number of nitrogens with one attached hydrogen (secondary N) is 2. The zero-order valence-corrected chi connectivity index (χ0v) is 15.7. The summed E-state index contributed by atoms with van der Waals surface area (Å²) in [6, 6.07) is 15.6. The first-order valence-electron chi connectivity index (χ1n) is 8.41. The highest BCUT2D eigenvalue weighted by Gasteiger charge is 2.11. The standard InChI is InChI=1S/C20H20N4O4/c1-26-14-6-4-13(5-7-14)21-20(25)16-9-11-19(24-23-16)22-17-12-15(27-2)8-10-18(17)28-3/h4-12H,1-3H3,(H,21,25)(H,22,24). The summed E-state index contributed by atoms with van der Waals surface area (Å²) in [5.41, 5.74) is 1.50. The van der Waals surface area contributed by atoms with E-state index in [2.05, 4.69) is 20.8 Å². The second-order valence-electron chi connectivity index (χ2n) is 5.68. The number of ether oxygens (including phenoxy) is 3. The Bertz CT molecular complexity index is 943. The summed E-state index contributed by atoms with van der Waals surface area (Å²) >= 11 is 0. The number of methoxy groups -OCH3 is 3. The lowest BCUT2D eigenvalue weighted by molar-refractivity contribution is 0.102. The van der Waals surface area contributed by atoms with Crippen LogP contribution in [0.25, 0.3) is 0 Å². The zero-order chi connectivity index (χ0) is 19.9. The zero-order valence-electron chi connectivity index (χ0n) is 15.7. The van der Waals surface area contributed by atoms with E-state index >= 15 is 0 Å². The van der Waals surface area contributed by atoms with Gasteiger partial charge in [0, 0.05) is 11.8 Å². The fraction of sp³-hybridized carbons (Fsp3) is 0.150. The monoisotopic (exact) mass is 380 g/mol. The fourth-order valence-electron chi connectivity index (χ4n) is 2.44. The minimum atomic E-state index is -0.358. The van der Waals surface area contributed by atoms with Gasteiger partial charge in [-0.1, -0.05) is 0 Å². The molecule has 144 valence electrons. The van der Waals surface area contributed by atoms with Crippen LogP contribution in [-0.2, 0) is 0 Å². The third-order valence-electron chi connectivity index (χ3n) is 3.91. The van der Waals surface area contributed by atoms with Crippen LogP contribution < -0.4 is 24.8 Å². The highest BCUT2D eigenvalue weighted by Crippen LogP contribution is 2.30. The highest BCUT2D eigenvalue weighted by atomic mass is 16.5. The SMILES string of the molecule is COc1ccc(NC(=O)c2ccc(Nc3cc(OC)ccc3OC)nn2)cc1. The van der Waals surface area contributed by atoms with Crippen molar-refractivity contribution in [2.45, 2.75) is 0 Å². The molecule has 8 nitrogen and oxygen atoms in total. The predicted molar refractivity (Wildman–Crippen MR) is 106 cm³/mol. The van der Waals surface area contributed by atoms with Gasteiger partial charge in [-0.15, -0.1) is 10.2 Å². The van der Waals surface area contributed by atoms with Gasteiger partial charge in [-0.25, -0.2) is 0 Å². The van der Waals surface area contributed by atoms with Gasteiger partial charge in [-0.3, -0.25) is 4.79 Å². The van der Waals surface area contributed by atoms with Gasteiger partial charge in [0.05, 0.1) is 27.0 Å². The first kappa shape index (κ1) is 19.0. The molecule has 3 aromatic rings. The first-order chi connectivity index (χ1) is 13.6. The maximum absolute atomic E-state index is 12.3. The normalized spacial score (nSPS) is 10.1. The van der Waals surface area contributed by atoms with E-state index < -0.39 is 0 Å². The lowest BCUT2D eigenvalue weighted by Crippen LogP contribution is -2.14. The predicted octanol–water partition coefficient (Wildman–Crippen LogP) is 3.50. The quantitative estimate of drug-likeness (QED) is 0.648. The summed E-state index contributed by atoms with van der Waals surface area (Å²) < 4.78 is 15.6. The summed E-state index contributed by atoms with van der Waals surface area (Å²) in [5.74, 6) is 2.12. The molecule has 0 atom stereocenters. The van der Waals surface area contributed by atoms with Crippen molar-refractivity contribution >= 4 is 23.1 Å². The summed E-state index contributed by atoms with van der Waals surface area (Å²) in [6.45, 7) is 0. The van der Waals surface area contributed by atoms with Crippen molar-refractivity contribution in [3.05, 3.63) is 60.3 Å². The summed E-state index contributed by atoms with van der Waals surface area (Å²) in [4.78, 5) is 12.3. The van der Waals surface area contributed by atoms with E-state index in [1.807, 2.05) is 0 Å². The van der Waals surface area contributed by atoms with Crippen molar-refractivity contribution in [3.63, 3.8) is 0 Å². The minimum Gasteiger partial charge on any atom is -0.497 e. The van der Waals surface area contributed by atoms with Gasteiger partial charge >= 0.3 is 0 Å². The van der Waals surface area contributed by atoms with E-state index in [0.717, 1.165) is 0 Å². The second-order valence-corrected chi connectivity index (χ2v) is 5.68. The molecule has 0 spiro atoms. The Balaban J connectivity index is 1.70. The molecule has 28 heavy (non-hydrogen) atoms. The number of anilines is 3. The molecule has 3 rings (SSSR count). The van der Waals surface area contributed by atoms with Crippen LogP contribution in [0.2, 0.25) is 0 Å². The molecule has 0 aliphatic rings. The average molecular weight is 380 g/mol. The van der Waals surface area contributed by atoms with Crippen molar-refractivity contribution < 1.29 is 19.0 Å². The molecule has 1 amide bonds. The Morgan fingerprint density at radius 1 is 0.821 bits per heavy atom. The molecule has 2 N–H and O–H groups in total. The van der Waals surface area contributed by atoms with Crippen LogP contribution in [0.5, 0.6) is 17.2 Å². The Morgan fingerprint density at radius 3 is 2.14 bits per heavy atom. The summed E-state index contributed by atoms with van der Waals surface area (Å²) in [7, 11) is 4.74. The van der Waals surface area contributed by atoms with E-state index in [9.17, 15) is 4.79 Å². The molecular formula is C20H20N4O4. The molecule has 0 saturated heterocycles. The third kappa shape index (κ3) is 4.47. The number of rotatable bonds is 7. The van der Waals surface area contributed by atoms with Crippen LogP contribution in [0.15, 0.2) is 54.6 Å². The number of hydrogen-bond acceptors (Lipinski definition) is 7. The van der Waals surface area contributed by atoms with Gasteiger partial charge < -0.3 is 24.8 Å². The molecule has 8 heteroatoms. The number of nitrogens with zero attached hydrogens (tertiary/aromatic N) is 2. The Kier molecular flexibility index (Phi) is 5.91. The van der Waals surface area contributed by atoms with Crippen molar-refractivity contribution in [2.75, 3.05) is 32.0 Å². The molecule has 0 aliphatic heterocycles. The van der Waals surface area contributed by atoms with Crippen molar-refractivity contribution in [1.82, 2.24) is 10.2 Å². The number of aromatic nitrogens is 2. The molecule has 1 aromatic heterocycles. The largest absolute Gasteiger partial charge is 0.497 e. The lowest BCUT2D eigenvalue weighted by Gasteiger charge is -2.12. The Morgan fingerprint density at radius 2 is 1.54 bits per heavy atom. The van der Waals surface area contributed by atoms with Gasteiger partial charge in [0.1, 0.15) is 17.2 Å². The van der Waals surface area contributed by atoms with Crippen LogP contribution in [0.4, 0.5) is 17.2 Å². The van der Waals surface area contributed by atoms with Crippen LogP contribution in [-0.4, -0.2) is 37.4 Å². The second kappa shape index (κ2) is 8.72. The topological polar surface area (TPSA) is 94.6 Å². The smallest absolute Gasteiger partial charge is 0.276 e. The van der Waals surface area contributed by atoms with Crippen molar-refractivity contribution in [3.8, 4) is 17.2 Å².